The minimum atomic E-state index is -1.04. The second-order valence-corrected chi connectivity index (χ2v) is 5.08. The molecule has 0 bridgehead atoms. The van der Waals surface area contributed by atoms with Crippen LogP contribution in [0.5, 0.6) is 0 Å². The third-order valence-corrected chi connectivity index (χ3v) is 3.49. The molecule has 1 fully saturated rings. The number of benzene rings is 1. The summed E-state index contributed by atoms with van der Waals surface area (Å²) in [6, 6.07) is 9.28. The Balaban J connectivity index is 2.36. The van der Waals surface area contributed by atoms with E-state index in [1.807, 2.05) is 49.3 Å². The van der Waals surface area contributed by atoms with Crippen LogP contribution in [0.25, 0.3) is 0 Å². The molecule has 2 atom stereocenters. The summed E-state index contributed by atoms with van der Waals surface area (Å²) >= 11 is 0. The molecule has 4 heteroatoms. The zero-order chi connectivity index (χ0) is 12.7. The summed E-state index contributed by atoms with van der Waals surface area (Å²) in [6.07, 6.45) is 0.400. The highest BCUT2D eigenvalue weighted by atomic mass is 16.3. The van der Waals surface area contributed by atoms with E-state index in [1.54, 1.807) is 0 Å². The van der Waals surface area contributed by atoms with E-state index in [-0.39, 0.29) is 0 Å². The molecule has 0 heterocycles. The number of rotatable bonds is 4. The summed E-state index contributed by atoms with van der Waals surface area (Å²) in [5.74, 6) is -0.451. The molecule has 2 unspecified atom stereocenters. The van der Waals surface area contributed by atoms with E-state index >= 15 is 0 Å². The number of hydrogen-bond donors (Lipinski definition) is 2. The molecule has 1 saturated carbocycles. The van der Waals surface area contributed by atoms with Crippen molar-refractivity contribution in [1.82, 2.24) is 4.90 Å². The maximum absolute atomic E-state index is 11.7. The normalized spacial score (nSPS) is 31.5. The molecule has 0 aliphatic heterocycles. The molecular weight excluding hydrogens is 216 g/mol. The smallest absolute Gasteiger partial charge is 0.231 e. The van der Waals surface area contributed by atoms with Crippen molar-refractivity contribution < 1.29 is 9.90 Å². The van der Waals surface area contributed by atoms with Crippen LogP contribution in [0, 0.1) is 0 Å². The average molecular weight is 234 g/mol. The van der Waals surface area contributed by atoms with E-state index < -0.39 is 16.9 Å². The number of likely N-dealkylation sites (N-methyl/N-ethyl adjacent to an activating group) is 1. The number of primary amides is 1. The molecular formula is C13H18N2O2. The average Bonchev–Trinajstić information content (AvgIpc) is 2.86. The minimum Gasteiger partial charge on any atom is -0.387 e. The molecule has 0 spiro atoms. The summed E-state index contributed by atoms with van der Waals surface area (Å²) in [6.45, 7) is 0.435. The molecule has 1 aromatic rings. The summed E-state index contributed by atoms with van der Waals surface area (Å²) in [5, 5.41) is 10.5. The van der Waals surface area contributed by atoms with E-state index in [4.69, 9.17) is 5.73 Å². The highest BCUT2D eigenvalue weighted by molar-refractivity contribution is 5.93. The standard InChI is InChI=1S/C13H18N2O2/c1-15(2)9-12(17)8-13(12,11(14)16)10-6-4-3-5-7-10/h3-7,17H,8-9H2,1-2H3,(H2,14,16). The number of carbonyl (C=O) groups is 1. The molecule has 0 saturated heterocycles. The Hall–Kier alpha value is -1.39. The van der Waals surface area contributed by atoms with Crippen LogP contribution in [0.2, 0.25) is 0 Å². The summed E-state index contributed by atoms with van der Waals surface area (Å²) in [7, 11) is 3.74. The van der Waals surface area contributed by atoms with Crippen LogP contribution in [0.3, 0.4) is 0 Å². The fraction of sp³-hybridized carbons (Fsp3) is 0.462. The first-order chi connectivity index (χ1) is 7.92. The molecule has 2 rings (SSSR count). The first-order valence-corrected chi connectivity index (χ1v) is 5.65. The second-order valence-electron chi connectivity index (χ2n) is 5.08. The van der Waals surface area contributed by atoms with Crippen molar-refractivity contribution in [2.45, 2.75) is 17.4 Å². The van der Waals surface area contributed by atoms with Gasteiger partial charge in [0.2, 0.25) is 5.91 Å². The van der Waals surface area contributed by atoms with Crippen molar-refractivity contribution in [3.05, 3.63) is 35.9 Å². The maximum Gasteiger partial charge on any atom is 0.231 e. The molecule has 1 aliphatic carbocycles. The Morgan fingerprint density at radius 3 is 2.47 bits per heavy atom. The third kappa shape index (κ3) is 1.73. The van der Waals surface area contributed by atoms with Crippen LogP contribution < -0.4 is 5.73 Å². The van der Waals surface area contributed by atoms with Crippen molar-refractivity contribution >= 4 is 5.91 Å². The van der Waals surface area contributed by atoms with Gasteiger partial charge in [-0.2, -0.15) is 0 Å². The minimum absolute atomic E-state index is 0.400. The van der Waals surface area contributed by atoms with Crippen LogP contribution in [0.15, 0.2) is 30.3 Å². The lowest BCUT2D eigenvalue weighted by molar-refractivity contribution is -0.122. The molecule has 3 N–H and O–H groups in total. The lowest BCUT2D eigenvalue weighted by atomic mass is 9.90. The quantitative estimate of drug-likeness (QED) is 0.777. The largest absolute Gasteiger partial charge is 0.387 e. The van der Waals surface area contributed by atoms with Gasteiger partial charge >= 0.3 is 0 Å². The SMILES string of the molecule is CN(C)CC1(O)CC1(C(N)=O)c1ccccc1. The first kappa shape index (κ1) is 12.1. The van der Waals surface area contributed by atoms with E-state index in [9.17, 15) is 9.90 Å². The number of hydrogen-bond acceptors (Lipinski definition) is 3. The third-order valence-electron chi connectivity index (χ3n) is 3.49. The number of carbonyl (C=O) groups excluding carboxylic acids is 1. The first-order valence-electron chi connectivity index (χ1n) is 5.65. The van der Waals surface area contributed by atoms with Gasteiger partial charge in [0.25, 0.3) is 0 Å². The van der Waals surface area contributed by atoms with E-state index in [1.165, 1.54) is 0 Å². The van der Waals surface area contributed by atoms with Gasteiger partial charge in [0.05, 0.1) is 5.60 Å². The van der Waals surface area contributed by atoms with Crippen molar-refractivity contribution in [3.63, 3.8) is 0 Å². The Labute approximate surface area is 101 Å². The Morgan fingerprint density at radius 1 is 1.41 bits per heavy atom. The summed E-state index contributed by atoms with van der Waals surface area (Å²) < 4.78 is 0. The topological polar surface area (TPSA) is 66.6 Å². The number of aliphatic hydroxyl groups is 1. The predicted molar refractivity (Wildman–Crippen MR) is 65.4 cm³/mol. The molecule has 0 aromatic heterocycles. The number of amides is 1. The maximum atomic E-state index is 11.7. The summed E-state index contributed by atoms with van der Waals surface area (Å²) in [5.41, 5.74) is 4.35. The highest BCUT2D eigenvalue weighted by Gasteiger charge is 2.71. The Bertz CT molecular complexity index is 432. The van der Waals surface area contributed by atoms with Crippen molar-refractivity contribution in [1.29, 1.82) is 0 Å². The number of nitrogens with two attached hydrogens (primary N) is 1. The molecule has 1 aromatic carbocycles. The molecule has 0 radical (unpaired) electrons. The van der Waals surface area contributed by atoms with Gasteiger partial charge in [0.15, 0.2) is 0 Å². The van der Waals surface area contributed by atoms with Gasteiger partial charge < -0.3 is 15.7 Å². The lowest BCUT2D eigenvalue weighted by Gasteiger charge is -2.22. The van der Waals surface area contributed by atoms with E-state index in [0.717, 1.165) is 5.56 Å². The Morgan fingerprint density at radius 2 is 2.00 bits per heavy atom. The van der Waals surface area contributed by atoms with Gasteiger partial charge in [-0.1, -0.05) is 30.3 Å². The van der Waals surface area contributed by atoms with Gasteiger partial charge in [-0.3, -0.25) is 4.79 Å². The Kier molecular flexibility index (Phi) is 2.72. The van der Waals surface area contributed by atoms with Gasteiger partial charge in [-0.05, 0) is 19.7 Å². The fourth-order valence-electron chi connectivity index (χ4n) is 2.66. The molecule has 1 aliphatic rings. The van der Waals surface area contributed by atoms with Crippen molar-refractivity contribution in [3.8, 4) is 0 Å². The molecule has 17 heavy (non-hydrogen) atoms. The van der Waals surface area contributed by atoms with Gasteiger partial charge in [0, 0.05) is 13.0 Å². The van der Waals surface area contributed by atoms with Crippen LogP contribution in [-0.4, -0.2) is 42.2 Å². The monoisotopic (exact) mass is 234 g/mol. The van der Waals surface area contributed by atoms with Crippen molar-refractivity contribution in [2.24, 2.45) is 5.73 Å². The van der Waals surface area contributed by atoms with Gasteiger partial charge in [0.1, 0.15) is 5.41 Å². The van der Waals surface area contributed by atoms with Crippen LogP contribution in [0.1, 0.15) is 12.0 Å². The van der Waals surface area contributed by atoms with Crippen LogP contribution in [0.4, 0.5) is 0 Å². The highest BCUT2D eigenvalue weighted by Crippen LogP contribution is 2.57. The zero-order valence-corrected chi connectivity index (χ0v) is 10.2. The fourth-order valence-corrected chi connectivity index (χ4v) is 2.66. The van der Waals surface area contributed by atoms with Gasteiger partial charge in [-0.15, -0.1) is 0 Å². The lowest BCUT2D eigenvalue weighted by Crippen LogP contribution is -2.42. The molecule has 4 nitrogen and oxygen atoms in total. The van der Waals surface area contributed by atoms with Crippen LogP contribution in [-0.2, 0) is 10.2 Å². The summed E-state index contributed by atoms with van der Waals surface area (Å²) in [4.78, 5) is 13.6. The number of nitrogens with zero attached hydrogens (tertiary/aromatic N) is 1. The molecule has 1 amide bonds. The van der Waals surface area contributed by atoms with E-state index in [2.05, 4.69) is 0 Å². The van der Waals surface area contributed by atoms with Crippen molar-refractivity contribution in [2.75, 3.05) is 20.6 Å². The molecule has 92 valence electrons. The van der Waals surface area contributed by atoms with E-state index in [0.29, 0.717) is 13.0 Å². The van der Waals surface area contributed by atoms with Crippen LogP contribution >= 0.6 is 0 Å². The second kappa shape index (κ2) is 3.82. The predicted octanol–water partition coefficient (Wildman–Crippen LogP) is 0.106. The zero-order valence-electron chi connectivity index (χ0n) is 10.2. The van der Waals surface area contributed by atoms with Gasteiger partial charge in [-0.25, -0.2) is 0 Å².